The van der Waals surface area contributed by atoms with Gasteiger partial charge in [0.15, 0.2) is 0 Å². The fourth-order valence-corrected chi connectivity index (χ4v) is 1.11. The van der Waals surface area contributed by atoms with Gasteiger partial charge in [-0.15, -0.1) is 0 Å². The Hall–Kier alpha value is -1.23. The zero-order valence-electron chi connectivity index (χ0n) is 6.97. The molecular formula is C8H9F2NO2. The molecule has 0 aliphatic carbocycles. The van der Waals surface area contributed by atoms with Crippen LogP contribution in [0.2, 0.25) is 0 Å². The maximum Gasteiger partial charge on any atom is 0.269 e. The lowest BCUT2D eigenvalue weighted by molar-refractivity contribution is 0.148. The van der Waals surface area contributed by atoms with Crippen molar-refractivity contribution in [2.45, 2.75) is 20.0 Å². The van der Waals surface area contributed by atoms with Gasteiger partial charge in [0.25, 0.3) is 12.0 Å². The second kappa shape index (κ2) is 3.66. The van der Waals surface area contributed by atoms with E-state index in [-0.39, 0.29) is 12.2 Å². The van der Waals surface area contributed by atoms with Crippen LogP contribution in [-0.2, 0) is 6.61 Å². The third kappa shape index (κ3) is 1.75. The maximum atomic E-state index is 12.3. The molecule has 1 rings (SSSR count). The van der Waals surface area contributed by atoms with Crippen LogP contribution in [0.5, 0.6) is 0 Å². The highest BCUT2D eigenvalue weighted by molar-refractivity contribution is 5.30. The molecule has 0 aliphatic rings. The molecule has 2 N–H and O–H groups in total. The summed E-state index contributed by atoms with van der Waals surface area (Å²) in [5.74, 6) is 0. The smallest absolute Gasteiger partial charge is 0.269 e. The van der Waals surface area contributed by atoms with E-state index in [4.69, 9.17) is 5.11 Å². The summed E-state index contributed by atoms with van der Waals surface area (Å²) >= 11 is 0. The number of aliphatic hydroxyl groups is 1. The zero-order valence-corrected chi connectivity index (χ0v) is 6.97. The fourth-order valence-electron chi connectivity index (χ4n) is 1.11. The molecule has 0 radical (unpaired) electrons. The highest BCUT2D eigenvalue weighted by atomic mass is 19.3. The highest BCUT2D eigenvalue weighted by Gasteiger charge is 2.17. The van der Waals surface area contributed by atoms with Crippen molar-refractivity contribution in [1.82, 2.24) is 4.98 Å². The van der Waals surface area contributed by atoms with Crippen LogP contribution < -0.4 is 5.56 Å². The Morgan fingerprint density at radius 1 is 1.62 bits per heavy atom. The monoisotopic (exact) mass is 189 g/mol. The largest absolute Gasteiger partial charge is 0.392 e. The first kappa shape index (κ1) is 9.85. The first-order chi connectivity index (χ1) is 6.07. The van der Waals surface area contributed by atoms with Gasteiger partial charge < -0.3 is 10.1 Å². The van der Waals surface area contributed by atoms with Gasteiger partial charge in [0.2, 0.25) is 0 Å². The molecule has 0 aliphatic heterocycles. The van der Waals surface area contributed by atoms with Crippen LogP contribution in [0, 0.1) is 6.92 Å². The summed E-state index contributed by atoms with van der Waals surface area (Å²) in [6.45, 7) is 1.03. The van der Waals surface area contributed by atoms with Gasteiger partial charge in [0.05, 0.1) is 12.2 Å². The number of nitrogens with one attached hydrogen (secondary N) is 1. The third-order valence-corrected chi connectivity index (χ3v) is 1.90. The van der Waals surface area contributed by atoms with Crippen molar-refractivity contribution < 1.29 is 13.9 Å². The number of alkyl halides is 2. The first-order valence-electron chi connectivity index (χ1n) is 3.68. The number of aliphatic hydroxyl groups excluding tert-OH is 1. The van der Waals surface area contributed by atoms with E-state index in [0.29, 0.717) is 5.56 Å². The summed E-state index contributed by atoms with van der Waals surface area (Å²) in [6, 6.07) is 0. The van der Waals surface area contributed by atoms with E-state index >= 15 is 0 Å². The minimum absolute atomic E-state index is 0.154. The van der Waals surface area contributed by atoms with E-state index in [0.717, 1.165) is 0 Å². The quantitative estimate of drug-likeness (QED) is 0.732. The van der Waals surface area contributed by atoms with Gasteiger partial charge in [-0.1, -0.05) is 0 Å². The molecule has 0 amide bonds. The van der Waals surface area contributed by atoms with Crippen LogP contribution in [-0.4, -0.2) is 10.1 Å². The van der Waals surface area contributed by atoms with Gasteiger partial charge in [0, 0.05) is 6.20 Å². The number of hydrogen-bond acceptors (Lipinski definition) is 2. The van der Waals surface area contributed by atoms with Crippen LogP contribution in [0.4, 0.5) is 8.78 Å². The molecule has 0 spiro atoms. The Morgan fingerprint density at radius 2 is 2.23 bits per heavy atom. The summed E-state index contributed by atoms with van der Waals surface area (Å²) in [5, 5.41) is 8.75. The summed E-state index contributed by atoms with van der Waals surface area (Å²) in [6.07, 6.45) is -1.57. The normalized spacial score (nSPS) is 10.8. The Morgan fingerprint density at radius 3 is 2.69 bits per heavy atom. The summed E-state index contributed by atoms with van der Waals surface area (Å²) in [4.78, 5) is 13.1. The lowest BCUT2D eigenvalue weighted by Crippen LogP contribution is -2.16. The number of halogens is 2. The standard InChI is InChI=1S/C8H9F2NO2/c1-4-5(3-12)2-11-8(13)6(4)7(9)10/h2,7,12H,3H2,1H3,(H,11,13). The lowest BCUT2D eigenvalue weighted by Gasteiger charge is -2.06. The SMILES string of the molecule is Cc1c(CO)c[nH]c(=O)c1C(F)F. The first-order valence-corrected chi connectivity index (χ1v) is 3.68. The molecule has 5 heteroatoms. The molecule has 3 nitrogen and oxygen atoms in total. The van der Waals surface area contributed by atoms with Crippen LogP contribution in [0.1, 0.15) is 23.1 Å². The molecular weight excluding hydrogens is 180 g/mol. The number of rotatable bonds is 2. The van der Waals surface area contributed by atoms with Crippen molar-refractivity contribution >= 4 is 0 Å². The third-order valence-electron chi connectivity index (χ3n) is 1.90. The van der Waals surface area contributed by atoms with E-state index < -0.39 is 17.5 Å². The number of aromatic nitrogens is 1. The molecule has 0 bridgehead atoms. The molecule has 1 aromatic rings. The Balaban J connectivity index is 3.39. The minimum atomic E-state index is -2.81. The van der Waals surface area contributed by atoms with Gasteiger partial charge >= 0.3 is 0 Å². The van der Waals surface area contributed by atoms with Gasteiger partial charge in [-0.3, -0.25) is 4.79 Å². The molecule has 0 atom stereocenters. The Bertz CT molecular complexity index is 360. The molecule has 0 aromatic carbocycles. The van der Waals surface area contributed by atoms with Gasteiger partial charge in [-0.05, 0) is 18.1 Å². The molecule has 0 saturated heterocycles. The lowest BCUT2D eigenvalue weighted by atomic mass is 10.1. The molecule has 0 fully saturated rings. The second-order valence-electron chi connectivity index (χ2n) is 2.64. The Kier molecular flexibility index (Phi) is 2.77. The average Bonchev–Trinajstić information content (AvgIpc) is 2.04. The predicted octanol–water partition coefficient (Wildman–Crippen LogP) is 1.11. The van der Waals surface area contributed by atoms with Crippen LogP contribution in [0.3, 0.4) is 0 Å². The van der Waals surface area contributed by atoms with Gasteiger partial charge in [-0.2, -0.15) is 0 Å². The maximum absolute atomic E-state index is 12.3. The fraction of sp³-hybridized carbons (Fsp3) is 0.375. The van der Waals surface area contributed by atoms with Crippen molar-refractivity contribution in [3.8, 4) is 0 Å². The summed E-state index contributed by atoms with van der Waals surface area (Å²) < 4.78 is 24.6. The second-order valence-corrected chi connectivity index (χ2v) is 2.64. The van der Waals surface area contributed by atoms with Crippen molar-refractivity contribution in [2.75, 3.05) is 0 Å². The summed E-state index contributed by atoms with van der Waals surface area (Å²) in [5.41, 5.74) is -0.896. The van der Waals surface area contributed by atoms with E-state index in [2.05, 4.69) is 4.98 Å². The highest BCUT2D eigenvalue weighted by Crippen LogP contribution is 2.20. The number of H-pyrrole nitrogens is 1. The van der Waals surface area contributed by atoms with Gasteiger partial charge in [0.1, 0.15) is 0 Å². The van der Waals surface area contributed by atoms with Crippen molar-refractivity contribution in [2.24, 2.45) is 0 Å². The van der Waals surface area contributed by atoms with Crippen molar-refractivity contribution in [3.63, 3.8) is 0 Å². The molecule has 0 saturated carbocycles. The molecule has 0 unspecified atom stereocenters. The number of aromatic amines is 1. The average molecular weight is 189 g/mol. The van der Waals surface area contributed by atoms with E-state index in [1.165, 1.54) is 13.1 Å². The van der Waals surface area contributed by atoms with Crippen LogP contribution in [0.15, 0.2) is 11.0 Å². The topological polar surface area (TPSA) is 53.1 Å². The molecule has 13 heavy (non-hydrogen) atoms. The van der Waals surface area contributed by atoms with Gasteiger partial charge in [-0.25, -0.2) is 8.78 Å². The van der Waals surface area contributed by atoms with Crippen LogP contribution in [0.25, 0.3) is 0 Å². The van der Waals surface area contributed by atoms with E-state index in [9.17, 15) is 13.6 Å². The molecule has 72 valence electrons. The van der Waals surface area contributed by atoms with Crippen molar-refractivity contribution in [1.29, 1.82) is 0 Å². The van der Waals surface area contributed by atoms with Crippen LogP contribution >= 0.6 is 0 Å². The minimum Gasteiger partial charge on any atom is -0.392 e. The Labute approximate surface area is 73.0 Å². The van der Waals surface area contributed by atoms with E-state index in [1.54, 1.807) is 0 Å². The zero-order chi connectivity index (χ0) is 10.0. The molecule has 1 heterocycles. The number of pyridine rings is 1. The van der Waals surface area contributed by atoms with E-state index in [1.807, 2.05) is 0 Å². The molecule has 1 aromatic heterocycles. The number of hydrogen-bond donors (Lipinski definition) is 2. The van der Waals surface area contributed by atoms with Crippen molar-refractivity contribution in [3.05, 3.63) is 33.2 Å². The summed E-state index contributed by atoms with van der Waals surface area (Å²) in [7, 11) is 0. The predicted molar refractivity (Wildman–Crippen MR) is 42.7 cm³/mol.